The Morgan fingerprint density at radius 2 is 1.77 bits per heavy atom. The summed E-state index contributed by atoms with van der Waals surface area (Å²) >= 11 is 0. The Morgan fingerprint density at radius 3 is 2.52 bits per heavy atom. The van der Waals surface area contributed by atoms with Gasteiger partial charge in [0.1, 0.15) is 12.6 Å². The number of aromatic amines is 2. The number of para-hydroxylation sites is 3. The lowest BCUT2D eigenvalue weighted by atomic mass is 9.92. The van der Waals surface area contributed by atoms with Crippen LogP contribution in [0.25, 0.3) is 21.9 Å². The molecule has 12 nitrogen and oxygen atoms in total. The van der Waals surface area contributed by atoms with Crippen molar-refractivity contribution in [3.05, 3.63) is 70.8 Å². The molecule has 1 fully saturated rings. The van der Waals surface area contributed by atoms with Gasteiger partial charge in [0, 0.05) is 42.1 Å². The smallest absolute Gasteiger partial charge is 0.326 e. The van der Waals surface area contributed by atoms with Crippen LogP contribution >= 0.6 is 0 Å². The molecule has 12 heteroatoms. The van der Waals surface area contributed by atoms with Gasteiger partial charge in [-0.2, -0.15) is 0 Å². The Morgan fingerprint density at radius 1 is 1.05 bits per heavy atom. The number of aromatic nitrogens is 3. The molecular weight excluding hydrogens is 562 g/mol. The maximum atomic E-state index is 13.9. The Kier molecular flexibility index (Phi) is 10.4. The van der Waals surface area contributed by atoms with Crippen molar-refractivity contribution in [2.45, 2.75) is 63.1 Å². The number of hydrogen-bond acceptors (Lipinski definition) is 6. The SMILES string of the molecule is COOCC(CCCCN)NC(=O)C(NC(=O)N1CCC(n2c(=O)[nH]c3ccccc32)CC1)[C@@H](C)c1c[nH]c2ccccc12. The number of fused-ring (bicyclic) bond motifs is 2. The van der Waals surface area contributed by atoms with Crippen molar-refractivity contribution in [1.82, 2.24) is 30.1 Å². The van der Waals surface area contributed by atoms with Gasteiger partial charge >= 0.3 is 11.7 Å². The standard InChI is InChI=1S/C32H43N7O5/c1-21(25-19-34-26-11-4-3-10-24(25)26)29(30(40)35-22(20-44-43-2)9-7-8-16-33)37-31(41)38-17-14-23(15-18-38)39-28-13-6-5-12-27(28)36-32(39)42/h3-6,10-13,19,21-23,29,34H,7-9,14-18,20,33H2,1-2H3,(H,35,40)(H,36,42)(H,37,41)/t21-,22?,29?/m0/s1. The third-order valence-electron chi connectivity index (χ3n) is 8.65. The number of carbonyl (C=O) groups excluding carboxylic acids is 2. The Balaban J connectivity index is 1.31. The van der Waals surface area contributed by atoms with Gasteiger partial charge in [0.2, 0.25) is 5.91 Å². The van der Waals surface area contributed by atoms with Crippen LogP contribution in [-0.4, -0.2) is 76.8 Å². The van der Waals surface area contributed by atoms with E-state index in [1.807, 2.05) is 61.7 Å². The summed E-state index contributed by atoms with van der Waals surface area (Å²) < 4.78 is 1.80. The molecule has 6 N–H and O–H groups in total. The van der Waals surface area contributed by atoms with Gasteiger partial charge in [-0.25, -0.2) is 19.4 Å². The molecular formula is C32H43N7O5. The fraction of sp³-hybridized carbons (Fsp3) is 0.469. The summed E-state index contributed by atoms with van der Waals surface area (Å²) in [7, 11) is 1.43. The topological polar surface area (TPSA) is 159 Å². The van der Waals surface area contributed by atoms with Gasteiger partial charge in [0.15, 0.2) is 0 Å². The van der Waals surface area contributed by atoms with Crippen LogP contribution in [0.2, 0.25) is 0 Å². The van der Waals surface area contributed by atoms with Gasteiger partial charge in [0.25, 0.3) is 0 Å². The highest BCUT2D eigenvalue weighted by atomic mass is 17.2. The van der Waals surface area contributed by atoms with E-state index < -0.39 is 6.04 Å². The number of likely N-dealkylation sites (tertiary alicyclic amines) is 1. The molecule has 0 saturated carbocycles. The van der Waals surface area contributed by atoms with Gasteiger partial charge < -0.3 is 31.2 Å². The van der Waals surface area contributed by atoms with Crippen molar-refractivity contribution < 1.29 is 19.4 Å². The molecule has 1 saturated heterocycles. The van der Waals surface area contributed by atoms with Crippen LogP contribution in [0, 0.1) is 0 Å². The van der Waals surface area contributed by atoms with Crippen LogP contribution in [-0.2, 0) is 14.6 Å². The number of benzene rings is 2. The second kappa shape index (κ2) is 14.6. The highest BCUT2D eigenvalue weighted by Crippen LogP contribution is 2.29. The molecule has 3 amide bonds. The summed E-state index contributed by atoms with van der Waals surface area (Å²) in [5.41, 5.74) is 9.10. The monoisotopic (exact) mass is 605 g/mol. The third kappa shape index (κ3) is 6.98. The predicted octanol–water partition coefficient (Wildman–Crippen LogP) is 3.52. The van der Waals surface area contributed by atoms with Crippen LogP contribution in [0.4, 0.5) is 4.79 Å². The molecule has 2 aromatic heterocycles. The van der Waals surface area contributed by atoms with E-state index in [1.54, 1.807) is 9.47 Å². The molecule has 1 aliphatic heterocycles. The van der Waals surface area contributed by atoms with E-state index in [1.165, 1.54) is 7.11 Å². The van der Waals surface area contributed by atoms with Crippen molar-refractivity contribution in [3.8, 4) is 0 Å². The van der Waals surface area contributed by atoms with Crippen LogP contribution in [0.1, 0.15) is 56.6 Å². The van der Waals surface area contributed by atoms with Crippen molar-refractivity contribution >= 4 is 33.9 Å². The summed E-state index contributed by atoms with van der Waals surface area (Å²) in [5.74, 6) is -0.640. The number of amides is 3. The molecule has 3 heterocycles. The second-order valence-corrected chi connectivity index (χ2v) is 11.5. The minimum atomic E-state index is -0.852. The Labute approximate surface area is 256 Å². The van der Waals surface area contributed by atoms with E-state index in [4.69, 9.17) is 15.5 Å². The van der Waals surface area contributed by atoms with Crippen LogP contribution in [0.5, 0.6) is 0 Å². The molecule has 0 aliphatic carbocycles. The number of carbonyl (C=O) groups is 2. The molecule has 0 bridgehead atoms. The van der Waals surface area contributed by atoms with Gasteiger partial charge in [-0.15, -0.1) is 0 Å². The highest BCUT2D eigenvalue weighted by molar-refractivity contribution is 5.90. The molecule has 4 aromatic rings. The van der Waals surface area contributed by atoms with Crippen LogP contribution in [0.3, 0.4) is 0 Å². The lowest BCUT2D eigenvalue weighted by Crippen LogP contribution is -2.56. The lowest BCUT2D eigenvalue weighted by Gasteiger charge is -2.34. The molecule has 5 rings (SSSR count). The molecule has 2 unspecified atom stereocenters. The Hall–Kier alpha value is -4.13. The number of urea groups is 1. The molecule has 0 spiro atoms. The molecule has 3 atom stereocenters. The number of H-pyrrole nitrogens is 2. The molecule has 2 aromatic carbocycles. The normalized spacial score (nSPS) is 16.2. The molecule has 1 aliphatic rings. The van der Waals surface area contributed by atoms with Gasteiger partial charge in [-0.05, 0) is 56.0 Å². The fourth-order valence-electron chi connectivity index (χ4n) is 6.23. The van der Waals surface area contributed by atoms with E-state index >= 15 is 0 Å². The lowest BCUT2D eigenvalue weighted by molar-refractivity contribution is -0.276. The summed E-state index contributed by atoms with van der Waals surface area (Å²) in [5, 5.41) is 7.14. The minimum absolute atomic E-state index is 0.0259. The second-order valence-electron chi connectivity index (χ2n) is 11.5. The summed E-state index contributed by atoms with van der Waals surface area (Å²) in [6.07, 6.45) is 5.46. The number of piperidine rings is 1. The Bertz CT molecular complexity index is 1600. The van der Waals surface area contributed by atoms with Crippen molar-refractivity contribution in [3.63, 3.8) is 0 Å². The van der Waals surface area contributed by atoms with Crippen molar-refractivity contribution in [1.29, 1.82) is 0 Å². The largest absolute Gasteiger partial charge is 0.361 e. The van der Waals surface area contributed by atoms with E-state index in [0.717, 1.165) is 40.3 Å². The van der Waals surface area contributed by atoms with E-state index in [0.29, 0.717) is 38.9 Å². The zero-order valence-electron chi connectivity index (χ0n) is 25.4. The number of imidazole rings is 1. The van der Waals surface area contributed by atoms with Gasteiger partial charge in [-0.1, -0.05) is 43.7 Å². The number of nitrogens with one attached hydrogen (secondary N) is 4. The maximum absolute atomic E-state index is 13.9. The first-order chi connectivity index (χ1) is 21.4. The number of rotatable bonds is 13. The zero-order chi connectivity index (χ0) is 31.1. The third-order valence-corrected chi connectivity index (χ3v) is 8.65. The predicted molar refractivity (Wildman–Crippen MR) is 169 cm³/mol. The number of nitrogens with zero attached hydrogens (tertiary/aromatic N) is 2. The van der Waals surface area contributed by atoms with Gasteiger partial charge in [0.05, 0.1) is 24.2 Å². The van der Waals surface area contributed by atoms with E-state index in [9.17, 15) is 14.4 Å². The summed E-state index contributed by atoms with van der Waals surface area (Å²) in [6, 6.07) is 14.0. The fourth-order valence-corrected chi connectivity index (χ4v) is 6.23. The van der Waals surface area contributed by atoms with Crippen LogP contribution in [0.15, 0.2) is 59.5 Å². The first-order valence-corrected chi connectivity index (χ1v) is 15.4. The first-order valence-electron chi connectivity index (χ1n) is 15.4. The number of hydrogen-bond donors (Lipinski definition) is 5. The summed E-state index contributed by atoms with van der Waals surface area (Å²) in [4.78, 5) is 58.2. The quantitative estimate of drug-likeness (QED) is 0.0891. The average Bonchev–Trinajstić information content (AvgIpc) is 3.62. The molecule has 0 radical (unpaired) electrons. The van der Waals surface area contributed by atoms with Crippen molar-refractivity contribution in [2.24, 2.45) is 5.73 Å². The highest BCUT2D eigenvalue weighted by Gasteiger charge is 2.34. The van der Waals surface area contributed by atoms with Crippen LogP contribution < -0.4 is 22.1 Å². The molecule has 44 heavy (non-hydrogen) atoms. The molecule has 236 valence electrons. The average molecular weight is 606 g/mol. The minimum Gasteiger partial charge on any atom is -0.361 e. The van der Waals surface area contributed by atoms with E-state index in [2.05, 4.69) is 20.6 Å². The number of nitrogens with two attached hydrogens (primary N) is 1. The van der Waals surface area contributed by atoms with E-state index in [-0.39, 0.29) is 42.2 Å². The number of unbranched alkanes of at least 4 members (excludes halogenated alkanes) is 1. The van der Waals surface area contributed by atoms with Gasteiger partial charge in [-0.3, -0.25) is 9.36 Å². The first kappa shape index (κ1) is 31.3. The van der Waals surface area contributed by atoms with Crippen molar-refractivity contribution in [2.75, 3.05) is 33.4 Å². The summed E-state index contributed by atoms with van der Waals surface area (Å²) in [6.45, 7) is 3.61. The zero-order valence-corrected chi connectivity index (χ0v) is 25.4. The maximum Gasteiger partial charge on any atom is 0.326 e.